The number of aliphatic carboxylic acids is 1. The van der Waals surface area contributed by atoms with E-state index in [9.17, 15) is 9.90 Å². The van der Waals surface area contributed by atoms with Crippen LogP contribution in [0.2, 0.25) is 0 Å². The summed E-state index contributed by atoms with van der Waals surface area (Å²) in [5.41, 5.74) is 1.67. The summed E-state index contributed by atoms with van der Waals surface area (Å²) in [7, 11) is 0. The van der Waals surface area contributed by atoms with Crippen LogP contribution in [0.1, 0.15) is 69.4 Å². The van der Waals surface area contributed by atoms with E-state index in [1.807, 2.05) is 13.8 Å². The van der Waals surface area contributed by atoms with Gasteiger partial charge >= 0.3 is 5.97 Å². The van der Waals surface area contributed by atoms with Gasteiger partial charge in [-0.05, 0) is 30.6 Å². The Bertz CT molecular complexity index is 460. The van der Waals surface area contributed by atoms with Crippen molar-refractivity contribution < 1.29 is 14.4 Å². The number of fused-ring (bicyclic) bond motifs is 1. The minimum Gasteiger partial charge on any atom is -0.481 e. The lowest BCUT2D eigenvalue weighted by Crippen LogP contribution is -2.28. The number of rotatable bonds is 2. The fraction of sp³-hybridized carbons (Fsp3) is 0.714. The molecule has 1 heterocycles. The molecule has 0 radical (unpaired) electrons. The molecule has 1 aromatic heterocycles. The molecular formula is C14H21NO3. The zero-order chi connectivity index (χ0) is 13.5. The van der Waals surface area contributed by atoms with E-state index < -0.39 is 11.9 Å². The average Bonchev–Trinajstić information content (AvgIpc) is 2.55. The van der Waals surface area contributed by atoms with Crippen LogP contribution in [0.15, 0.2) is 4.52 Å². The first-order valence-corrected chi connectivity index (χ1v) is 6.55. The highest BCUT2D eigenvalue weighted by Gasteiger charge is 2.43. The van der Waals surface area contributed by atoms with Gasteiger partial charge in [0, 0.05) is 5.56 Å². The molecule has 4 nitrogen and oxygen atoms in total. The molecule has 2 rings (SSSR count). The van der Waals surface area contributed by atoms with Crippen LogP contribution in [0.4, 0.5) is 0 Å². The van der Waals surface area contributed by atoms with Crippen LogP contribution in [0.25, 0.3) is 0 Å². The molecule has 0 fully saturated rings. The van der Waals surface area contributed by atoms with Crippen molar-refractivity contribution in [2.75, 3.05) is 0 Å². The molecule has 1 unspecified atom stereocenters. The fourth-order valence-electron chi connectivity index (χ4n) is 2.93. The molecule has 1 aliphatic rings. The number of carboxylic acids is 1. The summed E-state index contributed by atoms with van der Waals surface area (Å²) in [6, 6.07) is 0. The molecule has 1 aliphatic carbocycles. The van der Waals surface area contributed by atoms with Crippen LogP contribution in [0.3, 0.4) is 0 Å². The number of carbonyl (C=O) groups is 1. The van der Waals surface area contributed by atoms with Gasteiger partial charge in [0.15, 0.2) is 5.76 Å². The molecule has 0 aliphatic heterocycles. The first-order valence-electron chi connectivity index (χ1n) is 6.55. The van der Waals surface area contributed by atoms with E-state index in [0.29, 0.717) is 5.76 Å². The van der Waals surface area contributed by atoms with Crippen molar-refractivity contribution in [3.63, 3.8) is 0 Å². The van der Waals surface area contributed by atoms with Crippen LogP contribution in [0.5, 0.6) is 0 Å². The van der Waals surface area contributed by atoms with E-state index in [1.54, 1.807) is 0 Å². The van der Waals surface area contributed by atoms with Crippen molar-refractivity contribution in [1.82, 2.24) is 5.16 Å². The maximum Gasteiger partial charge on any atom is 0.314 e. The molecule has 4 heteroatoms. The predicted molar refractivity (Wildman–Crippen MR) is 67.7 cm³/mol. The number of carboxylic acid groups (broad SMARTS) is 1. The lowest BCUT2D eigenvalue weighted by molar-refractivity contribution is -0.142. The van der Waals surface area contributed by atoms with Gasteiger partial charge in [-0.1, -0.05) is 32.9 Å². The molecule has 0 bridgehead atoms. The van der Waals surface area contributed by atoms with Crippen molar-refractivity contribution in [1.29, 1.82) is 0 Å². The summed E-state index contributed by atoms with van der Waals surface area (Å²) in [6.07, 6.45) is 2.76. The summed E-state index contributed by atoms with van der Waals surface area (Å²) in [6.45, 7) is 8.12. The average molecular weight is 251 g/mol. The smallest absolute Gasteiger partial charge is 0.314 e. The molecule has 18 heavy (non-hydrogen) atoms. The quantitative estimate of drug-likeness (QED) is 0.819. The first-order chi connectivity index (χ1) is 8.34. The van der Waals surface area contributed by atoms with Crippen LogP contribution in [0, 0.1) is 5.41 Å². The number of hydrogen-bond donors (Lipinski definition) is 1. The van der Waals surface area contributed by atoms with E-state index in [0.717, 1.165) is 30.5 Å². The Morgan fingerprint density at radius 1 is 1.50 bits per heavy atom. The molecule has 1 atom stereocenters. The van der Waals surface area contributed by atoms with Gasteiger partial charge in [0.1, 0.15) is 5.92 Å². The summed E-state index contributed by atoms with van der Waals surface area (Å²) in [4.78, 5) is 11.6. The van der Waals surface area contributed by atoms with E-state index in [-0.39, 0.29) is 11.3 Å². The topological polar surface area (TPSA) is 63.3 Å². The summed E-state index contributed by atoms with van der Waals surface area (Å²) in [5.74, 6) is -0.550. The summed E-state index contributed by atoms with van der Waals surface area (Å²) < 4.78 is 5.41. The lowest BCUT2D eigenvalue weighted by Gasteiger charge is -2.28. The molecule has 1 aromatic rings. The molecule has 100 valence electrons. The molecule has 1 N–H and O–H groups in total. The molecule has 0 spiro atoms. The molecule has 0 amide bonds. The third kappa shape index (κ3) is 2.04. The van der Waals surface area contributed by atoms with Crippen molar-refractivity contribution >= 4 is 5.97 Å². The number of hydrogen-bond acceptors (Lipinski definition) is 3. The van der Waals surface area contributed by atoms with Gasteiger partial charge < -0.3 is 9.63 Å². The van der Waals surface area contributed by atoms with Gasteiger partial charge in [-0.3, -0.25) is 4.79 Å². The lowest BCUT2D eigenvalue weighted by atomic mass is 9.75. The van der Waals surface area contributed by atoms with Crippen LogP contribution >= 0.6 is 0 Å². The normalized spacial score (nSPS) is 22.6. The largest absolute Gasteiger partial charge is 0.481 e. The first kappa shape index (κ1) is 13.1. The standard InChI is InChI=1S/C14H21NO3/c1-8(2)11-9-6-5-7-14(3,4)10(13(16)17)12(9)18-15-11/h8,10H,5-7H2,1-4H3,(H,16,17). The molecule has 0 saturated carbocycles. The van der Waals surface area contributed by atoms with E-state index in [4.69, 9.17) is 4.52 Å². The minimum atomic E-state index is -0.811. The minimum absolute atomic E-state index is 0.271. The van der Waals surface area contributed by atoms with Gasteiger partial charge in [0.05, 0.1) is 5.69 Å². The maximum atomic E-state index is 11.6. The second-order valence-electron chi connectivity index (χ2n) is 6.18. The van der Waals surface area contributed by atoms with Crippen molar-refractivity contribution in [2.45, 2.75) is 58.8 Å². The zero-order valence-electron chi connectivity index (χ0n) is 11.5. The van der Waals surface area contributed by atoms with E-state index in [1.165, 1.54) is 0 Å². The monoisotopic (exact) mass is 251 g/mol. The Morgan fingerprint density at radius 2 is 2.17 bits per heavy atom. The van der Waals surface area contributed by atoms with Crippen LogP contribution in [-0.4, -0.2) is 16.2 Å². The molecule has 0 saturated heterocycles. The molecular weight excluding hydrogens is 230 g/mol. The fourth-order valence-corrected chi connectivity index (χ4v) is 2.93. The highest BCUT2D eigenvalue weighted by atomic mass is 16.5. The van der Waals surface area contributed by atoms with Gasteiger partial charge in [0.2, 0.25) is 0 Å². The van der Waals surface area contributed by atoms with Crippen LogP contribution in [-0.2, 0) is 11.2 Å². The van der Waals surface area contributed by atoms with E-state index in [2.05, 4.69) is 19.0 Å². The highest BCUT2D eigenvalue weighted by molar-refractivity contribution is 5.77. The Balaban J connectivity index is 2.55. The van der Waals surface area contributed by atoms with Crippen molar-refractivity contribution in [3.05, 3.63) is 17.0 Å². The van der Waals surface area contributed by atoms with Crippen molar-refractivity contribution in [3.8, 4) is 0 Å². The summed E-state index contributed by atoms with van der Waals surface area (Å²) in [5, 5.41) is 13.6. The Morgan fingerprint density at radius 3 is 2.72 bits per heavy atom. The van der Waals surface area contributed by atoms with Gasteiger partial charge in [0.25, 0.3) is 0 Å². The van der Waals surface area contributed by atoms with Crippen molar-refractivity contribution in [2.24, 2.45) is 5.41 Å². The SMILES string of the molecule is CC(C)c1noc2c1CCCC(C)(C)C2C(=O)O. The second-order valence-corrected chi connectivity index (χ2v) is 6.18. The third-order valence-electron chi connectivity index (χ3n) is 3.93. The van der Waals surface area contributed by atoms with Crippen LogP contribution < -0.4 is 0 Å². The second kappa shape index (κ2) is 4.41. The molecule has 0 aromatic carbocycles. The van der Waals surface area contributed by atoms with Gasteiger partial charge in [-0.2, -0.15) is 0 Å². The predicted octanol–water partition coefficient (Wildman–Crippen LogP) is 3.33. The number of nitrogens with zero attached hydrogens (tertiary/aromatic N) is 1. The van der Waals surface area contributed by atoms with E-state index >= 15 is 0 Å². The Labute approximate surface area is 107 Å². The highest BCUT2D eigenvalue weighted by Crippen LogP contribution is 2.45. The maximum absolute atomic E-state index is 11.6. The number of aromatic nitrogens is 1. The van der Waals surface area contributed by atoms with Gasteiger partial charge in [-0.25, -0.2) is 0 Å². The third-order valence-corrected chi connectivity index (χ3v) is 3.93. The van der Waals surface area contributed by atoms with Gasteiger partial charge in [-0.15, -0.1) is 0 Å². The Kier molecular flexibility index (Phi) is 3.21. The summed E-state index contributed by atoms with van der Waals surface area (Å²) >= 11 is 0. The zero-order valence-corrected chi connectivity index (χ0v) is 11.5. The Hall–Kier alpha value is -1.32.